The van der Waals surface area contributed by atoms with E-state index in [-0.39, 0.29) is 5.78 Å². The number of benzene rings is 3. The van der Waals surface area contributed by atoms with Crippen molar-refractivity contribution in [3.63, 3.8) is 0 Å². The van der Waals surface area contributed by atoms with Crippen molar-refractivity contribution in [2.45, 2.75) is 6.42 Å². The van der Waals surface area contributed by atoms with E-state index in [0.717, 1.165) is 17.5 Å². The molecule has 0 heterocycles. The Hall–Kier alpha value is -2.87. The monoisotopic (exact) mass is 315 g/mol. The maximum atomic E-state index is 12.4. The molecule has 0 aliphatic rings. The molecule has 0 radical (unpaired) electrons. The molecule has 0 aliphatic carbocycles. The van der Waals surface area contributed by atoms with Gasteiger partial charge in [0, 0.05) is 30.9 Å². The molecule has 0 saturated carbocycles. The topological polar surface area (TPSA) is 20.3 Å². The summed E-state index contributed by atoms with van der Waals surface area (Å²) in [6, 6.07) is 25.9. The zero-order valence-electron chi connectivity index (χ0n) is 14.1. The van der Waals surface area contributed by atoms with Crippen molar-refractivity contribution < 1.29 is 4.79 Å². The smallest absolute Gasteiger partial charge is 0.193 e. The van der Waals surface area contributed by atoms with Crippen LogP contribution in [-0.2, 0) is 6.42 Å². The lowest BCUT2D eigenvalue weighted by molar-refractivity contribution is 0.103. The van der Waals surface area contributed by atoms with Gasteiger partial charge in [-0.05, 0) is 29.7 Å². The van der Waals surface area contributed by atoms with Crippen LogP contribution in [0.15, 0.2) is 78.9 Å². The highest BCUT2D eigenvalue weighted by atomic mass is 16.1. The lowest BCUT2D eigenvalue weighted by atomic mass is 9.99. The number of anilines is 1. The third-order valence-corrected chi connectivity index (χ3v) is 4.11. The summed E-state index contributed by atoms with van der Waals surface area (Å²) in [7, 11) is 4.08. The van der Waals surface area contributed by atoms with Crippen LogP contribution in [0.3, 0.4) is 0 Å². The van der Waals surface area contributed by atoms with Gasteiger partial charge in [0.1, 0.15) is 0 Å². The number of ketones is 1. The minimum Gasteiger partial charge on any atom is -0.378 e. The highest BCUT2D eigenvalue weighted by Gasteiger charge is 2.08. The van der Waals surface area contributed by atoms with Crippen LogP contribution in [-0.4, -0.2) is 19.9 Å². The van der Waals surface area contributed by atoms with E-state index in [9.17, 15) is 4.79 Å². The van der Waals surface area contributed by atoms with Crippen molar-refractivity contribution in [2.75, 3.05) is 19.0 Å². The Morgan fingerprint density at radius 1 is 0.708 bits per heavy atom. The summed E-state index contributed by atoms with van der Waals surface area (Å²) in [6.07, 6.45) is 0.869. The fourth-order valence-electron chi connectivity index (χ4n) is 2.68. The van der Waals surface area contributed by atoms with E-state index in [1.165, 1.54) is 16.8 Å². The zero-order valence-corrected chi connectivity index (χ0v) is 14.1. The van der Waals surface area contributed by atoms with Gasteiger partial charge in [0.2, 0.25) is 0 Å². The van der Waals surface area contributed by atoms with Crippen molar-refractivity contribution in [3.8, 4) is 0 Å². The second kappa shape index (κ2) is 7.14. The second-order valence-electron chi connectivity index (χ2n) is 6.13. The first-order chi connectivity index (χ1) is 11.6. The highest BCUT2D eigenvalue weighted by Crippen LogP contribution is 2.17. The molecule has 0 aliphatic heterocycles. The van der Waals surface area contributed by atoms with Crippen LogP contribution >= 0.6 is 0 Å². The number of hydrogen-bond donors (Lipinski definition) is 0. The Bertz CT molecular complexity index is 803. The van der Waals surface area contributed by atoms with Crippen LogP contribution < -0.4 is 4.90 Å². The normalized spacial score (nSPS) is 10.4. The molecule has 2 nitrogen and oxygen atoms in total. The molecule has 0 bridgehead atoms. The second-order valence-corrected chi connectivity index (χ2v) is 6.13. The van der Waals surface area contributed by atoms with Crippen LogP contribution in [0.4, 0.5) is 5.69 Å². The summed E-state index contributed by atoms with van der Waals surface area (Å²) in [5.74, 6) is 0.0671. The largest absolute Gasteiger partial charge is 0.378 e. The summed E-state index contributed by atoms with van der Waals surface area (Å²) in [5.41, 5.74) is 5.12. The number of hydrogen-bond acceptors (Lipinski definition) is 2. The first-order valence-corrected chi connectivity index (χ1v) is 8.08. The molecule has 3 aromatic carbocycles. The molecule has 3 rings (SSSR count). The van der Waals surface area contributed by atoms with Gasteiger partial charge in [-0.15, -0.1) is 0 Å². The summed E-state index contributed by atoms with van der Waals surface area (Å²) >= 11 is 0. The van der Waals surface area contributed by atoms with Crippen molar-refractivity contribution in [2.24, 2.45) is 0 Å². The van der Waals surface area contributed by atoms with Gasteiger partial charge >= 0.3 is 0 Å². The van der Waals surface area contributed by atoms with Crippen LogP contribution in [0.2, 0.25) is 0 Å². The number of rotatable bonds is 5. The summed E-state index contributed by atoms with van der Waals surface area (Å²) in [6.45, 7) is 0. The lowest BCUT2D eigenvalue weighted by Crippen LogP contribution is -2.08. The molecule has 0 saturated heterocycles. The average molecular weight is 315 g/mol. The lowest BCUT2D eigenvalue weighted by Gasteiger charge is -2.12. The quantitative estimate of drug-likeness (QED) is 0.643. The van der Waals surface area contributed by atoms with Gasteiger partial charge in [0.05, 0.1) is 0 Å². The molecule has 0 spiro atoms. The van der Waals surface area contributed by atoms with E-state index in [4.69, 9.17) is 0 Å². The average Bonchev–Trinajstić information content (AvgIpc) is 2.63. The molecule has 24 heavy (non-hydrogen) atoms. The van der Waals surface area contributed by atoms with Crippen molar-refractivity contribution in [1.82, 2.24) is 0 Å². The predicted octanol–water partition coefficient (Wildman–Crippen LogP) is 4.57. The molecule has 120 valence electrons. The number of carbonyl (C=O) groups excluding carboxylic acids is 1. The van der Waals surface area contributed by atoms with Gasteiger partial charge in [-0.1, -0.05) is 66.7 Å². The van der Waals surface area contributed by atoms with Crippen LogP contribution in [0, 0.1) is 0 Å². The zero-order chi connectivity index (χ0) is 16.9. The minimum atomic E-state index is 0.0671. The Kier molecular flexibility index (Phi) is 4.76. The van der Waals surface area contributed by atoms with E-state index < -0.39 is 0 Å². The highest BCUT2D eigenvalue weighted by molar-refractivity contribution is 6.08. The first-order valence-electron chi connectivity index (χ1n) is 8.08. The molecule has 0 atom stereocenters. The van der Waals surface area contributed by atoms with Crippen molar-refractivity contribution >= 4 is 11.5 Å². The van der Waals surface area contributed by atoms with E-state index in [1.807, 2.05) is 68.7 Å². The van der Waals surface area contributed by atoms with Crippen LogP contribution in [0.1, 0.15) is 27.0 Å². The molecule has 2 heteroatoms. The molecule has 0 unspecified atom stereocenters. The third kappa shape index (κ3) is 3.72. The van der Waals surface area contributed by atoms with E-state index >= 15 is 0 Å². The number of carbonyl (C=O) groups is 1. The van der Waals surface area contributed by atoms with Crippen LogP contribution in [0.5, 0.6) is 0 Å². The maximum absolute atomic E-state index is 12.4. The van der Waals surface area contributed by atoms with Crippen molar-refractivity contribution in [3.05, 3.63) is 101 Å². The van der Waals surface area contributed by atoms with Gasteiger partial charge < -0.3 is 4.90 Å². The Balaban J connectivity index is 1.71. The summed E-state index contributed by atoms with van der Waals surface area (Å²) in [5, 5.41) is 0. The predicted molar refractivity (Wildman–Crippen MR) is 99.9 cm³/mol. The number of nitrogens with zero attached hydrogens (tertiary/aromatic N) is 1. The van der Waals surface area contributed by atoms with E-state index in [2.05, 4.69) is 29.2 Å². The van der Waals surface area contributed by atoms with Gasteiger partial charge in [0.25, 0.3) is 0 Å². The SMILES string of the molecule is CN(C)c1ccc(Cc2ccc(C(=O)c3ccccc3)cc2)cc1. The Morgan fingerprint density at radius 2 is 1.21 bits per heavy atom. The van der Waals surface area contributed by atoms with Gasteiger partial charge in [-0.25, -0.2) is 0 Å². The standard InChI is InChI=1S/C22H21NO/c1-23(2)21-14-10-18(11-15-21)16-17-8-12-20(13-9-17)22(24)19-6-4-3-5-7-19/h3-15H,16H2,1-2H3. The van der Waals surface area contributed by atoms with Crippen LogP contribution in [0.25, 0.3) is 0 Å². The van der Waals surface area contributed by atoms with Gasteiger partial charge in [-0.3, -0.25) is 4.79 Å². The maximum Gasteiger partial charge on any atom is 0.193 e. The fourth-order valence-corrected chi connectivity index (χ4v) is 2.68. The Morgan fingerprint density at radius 3 is 1.75 bits per heavy atom. The third-order valence-electron chi connectivity index (χ3n) is 4.11. The molecule has 3 aromatic rings. The molecule has 0 N–H and O–H groups in total. The molecular formula is C22H21NO. The van der Waals surface area contributed by atoms with Gasteiger partial charge in [-0.2, -0.15) is 0 Å². The van der Waals surface area contributed by atoms with E-state index in [0.29, 0.717) is 0 Å². The fraction of sp³-hybridized carbons (Fsp3) is 0.136. The molecule has 0 amide bonds. The molecule has 0 aromatic heterocycles. The Labute approximate surface area is 143 Å². The van der Waals surface area contributed by atoms with Crippen molar-refractivity contribution in [1.29, 1.82) is 0 Å². The molecular weight excluding hydrogens is 294 g/mol. The minimum absolute atomic E-state index is 0.0671. The van der Waals surface area contributed by atoms with E-state index in [1.54, 1.807) is 0 Å². The first kappa shape index (κ1) is 16.0. The molecule has 0 fully saturated rings. The summed E-state index contributed by atoms with van der Waals surface area (Å²) in [4.78, 5) is 14.5. The summed E-state index contributed by atoms with van der Waals surface area (Å²) < 4.78 is 0. The van der Waals surface area contributed by atoms with Gasteiger partial charge in [0.15, 0.2) is 5.78 Å².